The van der Waals surface area contributed by atoms with Crippen LogP contribution in [0.1, 0.15) is 23.0 Å². The van der Waals surface area contributed by atoms with Gasteiger partial charge in [0, 0.05) is 12.7 Å². The van der Waals surface area contributed by atoms with Crippen molar-refractivity contribution in [3.8, 4) is 5.88 Å². The SMILES string of the molecule is CCn1ncc(Br)c1C(=O)c1cccnc1OC. The van der Waals surface area contributed by atoms with Crippen LogP contribution in [0.2, 0.25) is 0 Å². The predicted molar refractivity (Wildman–Crippen MR) is 69.8 cm³/mol. The highest BCUT2D eigenvalue weighted by atomic mass is 79.9. The molecule has 0 saturated carbocycles. The molecule has 0 aromatic carbocycles. The van der Waals surface area contributed by atoms with Crippen molar-refractivity contribution in [3.63, 3.8) is 0 Å². The molecule has 2 rings (SSSR count). The van der Waals surface area contributed by atoms with Gasteiger partial charge in [0.2, 0.25) is 11.7 Å². The van der Waals surface area contributed by atoms with Crippen molar-refractivity contribution < 1.29 is 9.53 Å². The van der Waals surface area contributed by atoms with Crippen LogP contribution in [0.4, 0.5) is 0 Å². The molecular formula is C12H12BrN3O2. The van der Waals surface area contributed by atoms with E-state index >= 15 is 0 Å². The highest BCUT2D eigenvalue weighted by Gasteiger charge is 2.21. The van der Waals surface area contributed by atoms with Crippen molar-refractivity contribution in [2.45, 2.75) is 13.5 Å². The number of hydrogen-bond acceptors (Lipinski definition) is 4. The summed E-state index contributed by atoms with van der Waals surface area (Å²) in [6, 6.07) is 3.39. The fourth-order valence-corrected chi connectivity index (χ4v) is 2.16. The first kappa shape index (κ1) is 12.8. The lowest BCUT2D eigenvalue weighted by Gasteiger charge is -2.07. The first-order chi connectivity index (χ1) is 8.69. The summed E-state index contributed by atoms with van der Waals surface area (Å²) < 4.78 is 7.41. The van der Waals surface area contributed by atoms with Crippen LogP contribution in [-0.4, -0.2) is 27.7 Å². The second-order valence-electron chi connectivity index (χ2n) is 3.55. The van der Waals surface area contributed by atoms with E-state index in [1.54, 1.807) is 29.2 Å². The molecule has 18 heavy (non-hydrogen) atoms. The summed E-state index contributed by atoms with van der Waals surface area (Å²) in [6.45, 7) is 2.55. The Bertz CT molecular complexity index is 580. The second-order valence-corrected chi connectivity index (χ2v) is 4.40. The number of ether oxygens (including phenoxy) is 1. The Morgan fingerprint density at radius 3 is 3.00 bits per heavy atom. The van der Waals surface area contributed by atoms with Crippen molar-refractivity contribution in [2.24, 2.45) is 0 Å². The van der Waals surface area contributed by atoms with Crippen molar-refractivity contribution >= 4 is 21.7 Å². The quantitative estimate of drug-likeness (QED) is 0.813. The topological polar surface area (TPSA) is 57.0 Å². The van der Waals surface area contributed by atoms with Crippen LogP contribution in [-0.2, 0) is 6.54 Å². The zero-order valence-electron chi connectivity index (χ0n) is 10.1. The molecule has 6 heteroatoms. The molecule has 94 valence electrons. The molecular weight excluding hydrogens is 298 g/mol. The minimum Gasteiger partial charge on any atom is -0.480 e. The molecule has 0 aliphatic rings. The van der Waals surface area contributed by atoms with Gasteiger partial charge in [0.05, 0.1) is 23.3 Å². The molecule has 0 aliphatic heterocycles. The summed E-state index contributed by atoms with van der Waals surface area (Å²) >= 11 is 3.34. The number of rotatable bonds is 4. The zero-order valence-corrected chi connectivity index (χ0v) is 11.6. The van der Waals surface area contributed by atoms with Gasteiger partial charge in [-0.3, -0.25) is 9.48 Å². The predicted octanol–water partition coefficient (Wildman–Crippen LogP) is 2.30. The molecule has 0 spiro atoms. The van der Waals surface area contributed by atoms with E-state index in [1.165, 1.54) is 7.11 Å². The average molecular weight is 310 g/mol. The van der Waals surface area contributed by atoms with E-state index in [9.17, 15) is 4.79 Å². The van der Waals surface area contributed by atoms with Gasteiger partial charge >= 0.3 is 0 Å². The number of carbonyl (C=O) groups excluding carboxylic acids is 1. The van der Waals surface area contributed by atoms with Crippen LogP contribution in [0, 0.1) is 0 Å². The van der Waals surface area contributed by atoms with Gasteiger partial charge in [-0.15, -0.1) is 0 Å². The van der Waals surface area contributed by atoms with Crippen LogP contribution < -0.4 is 4.74 Å². The first-order valence-corrected chi connectivity index (χ1v) is 6.23. The summed E-state index contributed by atoms with van der Waals surface area (Å²) in [4.78, 5) is 16.5. The minimum absolute atomic E-state index is 0.161. The van der Waals surface area contributed by atoms with Gasteiger partial charge in [-0.2, -0.15) is 5.10 Å². The van der Waals surface area contributed by atoms with Gasteiger partial charge in [0.1, 0.15) is 5.69 Å². The van der Waals surface area contributed by atoms with E-state index in [4.69, 9.17) is 4.74 Å². The maximum atomic E-state index is 12.5. The fraction of sp³-hybridized carbons (Fsp3) is 0.250. The van der Waals surface area contributed by atoms with E-state index in [2.05, 4.69) is 26.0 Å². The molecule has 0 N–H and O–H groups in total. The molecule has 0 radical (unpaired) electrons. The lowest BCUT2D eigenvalue weighted by atomic mass is 10.1. The number of aromatic nitrogens is 3. The van der Waals surface area contributed by atoms with Crippen LogP contribution in [0.15, 0.2) is 29.0 Å². The molecule has 0 aliphatic carbocycles. The third-order valence-electron chi connectivity index (χ3n) is 2.52. The molecule has 2 heterocycles. The fourth-order valence-electron chi connectivity index (χ4n) is 1.68. The summed E-state index contributed by atoms with van der Waals surface area (Å²) in [6.07, 6.45) is 3.20. The molecule has 2 aromatic heterocycles. The molecule has 0 atom stereocenters. The Morgan fingerprint density at radius 2 is 2.33 bits per heavy atom. The van der Waals surface area contributed by atoms with E-state index in [1.807, 2.05) is 6.92 Å². The van der Waals surface area contributed by atoms with Gasteiger partial charge in [0.25, 0.3) is 0 Å². The minimum atomic E-state index is -0.161. The zero-order chi connectivity index (χ0) is 13.1. The van der Waals surface area contributed by atoms with Gasteiger partial charge in [0.15, 0.2) is 0 Å². The highest BCUT2D eigenvalue weighted by Crippen LogP contribution is 2.23. The molecule has 0 fully saturated rings. The van der Waals surface area contributed by atoms with E-state index in [0.29, 0.717) is 28.2 Å². The Balaban J connectivity index is 2.51. The third kappa shape index (κ3) is 2.15. The molecule has 0 unspecified atom stereocenters. The van der Waals surface area contributed by atoms with Crippen molar-refractivity contribution in [3.05, 3.63) is 40.3 Å². The van der Waals surface area contributed by atoms with Crippen molar-refractivity contribution in [2.75, 3.05) is 7.11 Å². The van der Waals surface area contributed by atoms with Gasteiger partial charge < -0.3 is 4.74 Å². The lowest BCUT2D eigenvalue weighted by Crippen LogP contribution is -2.12. The largest absolute Gasteiger partial charge is 0.480 e. The van der Waals surface area contributed by atoms with Gasteiger partial charge in [-0.25, -0.2) is 4.98 Å². The second kappa shape index (κ2) is 5.30. The summed E-state index contributed by atoms with van der Waals surface area (Å²) in [5.74, 6) is 0.157. The molecule has 2 aromatic rings. The highest BCUT2D eigenvalue weighted by molar-refractivity contribution is 9.10. The van der Waals surface area contributed by atoms with E-state index in [0.717, 1.165) is 0 Å². The molecule has 0 amide bonds. The maximum Gasteiger partial charge on any atom is 0.224 e. The smallest absolute Gasteiger partial charge is 0.224 e. The number of pyridine rings is 1. The number of nitrogens with zero attached hydrogens (tertiary/aromatic N) is 3. The normalized spacial score (nSPS) is 10.4. The summed E-state index contributed by atoms with van der Waals surface area (Å²) in [5.41, 5.74) is 0.930. The van der Waals surface area contributed by atoms with Crippen molar-refractivity contribution in [1.82, 2.24) is 14.8 Å². The number of methoxy groups -OCH3 is 1. The number of aryl methyl sites for hydroxylation is 1. The van der Waals surface area contributed by atoms with Crippen LogP contribution >= 0.6 is 15.9 Å². The van der Waals surface area contributed by atoms with Crippen LogP contribution in [0.5, 0.6) is 5.88 Å². The van der Waals surface area contributed by atoms with Crippen LogP contribution in [0.25, 0.3) is 0 Å². The number of halogens is 1. The standard InChI is InChI=1S/C12H12BrN3O2/c1-3-16-10(9(13)7-15-16)11(17)8-5-4-6-14-12(8)18-2/h4-7H,3H2,1-2H3. The molecule has 0 bridgehead atoms. The first-order valence-electron chi connectivity index (χ1n) is 5.44. The maximum absolute atomic E-state index is 12.5. The molecule has 5 nitrogen and oxygen atoms in total. The van der Waals surface area contributed by atoms with Gasteiger partial charge in [-0.05, 0) is 35.0 Å². The monoisotopic (exact) mass is 309 g/mol. The number of hydrogen-bond donors (Lipinski definition) is 0. The average Bonchev–Trinajstić information content (AvgIpc) is 2.79. The van der Waals surface area contributed by atoms with Crippen LogP contribution in [0.3, 0.4) is 0 Å². The summed E-state index contributed by atoms with van der Waals surface area (Å²) in [7, 11) is 1.49. The Morgan fingerprint density at radius 1 is 1.56 bits per heavy atom. The lowest BCUT2D eigenvalue weighted by molar-refractivity contribution is 0.102. The Labute approximate surface area is 113 Å². The molecule has 0 saturated heterocycles. The third-order valence-corrected chi connectivity index (χ3v) is 3.10. The van der Waals surface area contributed by atoms with Crippen molar-refractivity contribution in [1.29, 1.82) is 0 Å². The van der Waals surface area contributed by atoms with E-state index < -0.39 is 0 Å². The van der Waals surface area contributed by atoms with E-state index in [-0.39, 0.29) is 5.78 Å². The Kier molecular flexibility index (Phi) is 3.76. The number of ketones is 1. The summed E-state index contributed by atoms with van der Waals surface area (Å²) in [5, 5.41) is 4.12. The van der Waals surface area contributed by atoms with Gasteiger partial charge in [-0.1, -0.05) is 0 Å². The number of carbonyl (C=O) groups is 1. The Hall–Kier alpha value is -1.69.